The molecule has 2 aromatic carbocycles. The number of hydrogen-bond donors (Lipinski definition) is 2. The number of hydrogen-bond acceptors (Lipinski definition) is 3. The lowest BCUT2D eigenvalue weighted by atomic mass is 9.78. The number of carbonyl (C=O) groups is 1. The van der Waals surface area contributed by atoms with Gasteiger partial charge >= 0.3 is 0 Å². The van der Waals surface area contributed by atoms with E-state index in [2.05, 4.69) is 0 Å². The van der Waals surface area contributed by atoms with Crippen LogP contribution in [0.1, 0.15) is 11.6 Å². The third-order valence-electron chi connectivity index (χ3n) is 3.99. The van der Waals surface area contributed by atoms with Crippen molar-refractivity contribution in [2.24, 2.45) is 5.92 Å². The van der Waals surface area contributed by atoms with E-state index in [-0.39, 0.29) is 17.8 Å². The van der Waals surface area contributed by atoms with Crippen LogP contribution in [-0.2, 0) is 4.79 Å². The second kappa shape index (κ2) is 5.87. The van der Waals surface area contributed by atoms with Crippen LogP contribution in [0.25, 0.3) is 0 Å². The van der Waals surface area contributed by atoms with Gasteiger partial charge in [-0.2, -0.15) is 0 Å². The summed E-state index contributed by atoms with van der Waals surface area (Å²) in [6, 6.07) is 14.6. The monoisotopic (exact) mass is 301 g/mol. The zero-order valence-electron chi connectivity index (χ0n) is 11.8. The summed E-state index contributed by atoms with van der Waals surface area (Å²) in [7, 11) is 0. The minimum atomic E-state index is -1.12. The number of benzene rings is 2. The zero-order chi connectivity index (χ0) is 15.7. The third-order valence-corrected chi connectivity index (χ3v) is 3.99. The van der Waals surface area contributed by atoms with Crippen LogP contribution < -0.4 is 4.90 Å². The van der Waals surface area contributed by atoms with Gasteiger partial charge in [-0.3, -0.25) is 4.79 Å². The Hall–Kier alpha value is -2.24. The maximum atomic E-state index is 13.1. The van der Waals surface area contributed by atoms with Crippen LogP contribution in [-0.4, -0.2) is 28.8 Å². The van der Waals surface area contributed by atoms with Crippen molar-refractivity contribution in [3.63, 3.8) is 0 Å². The molecule has 2 aromatic rings. The van der Waals surface area contributed by atoms with Gasteiger partial charge in [0.2, 0.25) is 5.91 Å². The predicted molar refractivity (Wildman–Crippen MR) is 79.7 cm³/mol. The predicted octanol–water partition coefficient (Wildman–Crippen LogP) is 1.88. The van der Waals surface area contributed by atoms with Crippen LogP contribution in [0.15, 0.2) is 54.6 Å². The average Bonchev–Trinajstić information content (AvgIpc) is 2.55. The highest BCUT2D eigenvalue weighted by molar-refractivity contribution is 6.03. The van der Waals surface area contributed by atoms with Crippen molar-refractivity contribution in [2.45, 2.75) is 12.1 Å². The van der Waals surface area contributed by atoms with Crippen molar-refractivity contribution >= 4 is 11.6 Å². The van der Waals surface area contributed by atoms with Gasteiger partial charge in [0.05, 0.1) is 24.7 Å². The average molecular weight is 301 g/mol. The Morgan fingerprint density at radius 3 is 2.32 bits per heavy atom. The fourth-order valence-electron chi connectivity index (χ4n) is 2.90. The first-order valence-electron chi connectivity index (χ1n) is 7.06. The smallest absolute Gasteiger partial charge is 0.235 e. The van der Waals surface area contributed by atoms with E-state index in [0.717, 1.165) is 5.56 Å². The molecule has 3 rings (SSSR count). The van der Waals surface area contributed by atoms with Crippen LogP contribution >= 0.6 is 0 Å². The molecular formula is C17H16FNO3. The molecule has 4 nitrogen and oxygen atoms in total. The second-order valence-corrected chi connectivity index (χ2v) is 5.32. The molecule has 0 saturated carbocycles. The van der Waals surface area contributed by atoms with Crippen molar-refractivity contribution in [1.82, 2.24) is 0 Å². The van der Waals surface area contributed by atoms with E-state index >= 15 is 0 Å². The number of halogens is 1. The van der Waals surface area contributed by atoms with E-state index in [4.69, 9.17) is 0 Å². The fourth-order valence-corrected chi connectivity index (χ4v) is 2.90. The molecule has 0 aromatic heterocycles. The Bertz CT molecular complexity index is 659. The van der Waals surface area contributed by atoms with Crippen molar-refractivity contribution in [3.8, 4) is 0 Å². The topological polar surface area (TPSA) is 60.8 Å². The number of anilines is 1. The lowest BCUT2D eigenvalue weighted by Crippen LogP contribution is -2.60. The zero-order valence-corrected chi connectivity index (χ0v) is 11.8. The summed E-state index contributed by atoms with van der Waals surface area (Å²) < 4.78 is 13.1. The number of carbonyl (C=O) groups excluding carboxylic acids is 1. The van der Waals surface area contributed by atoms with Crippen molar-refractivity contribution in [2.75, 3.05) is 11.5 Å². The first-order valence-corrected chi connectivity index (χ1v) is 7.06. The van der Waals surface area contributed by atoms with Gasteiger partial charge in [0.15, 0.2) is 0 Å². The molecule has 22 heavy (non-hydrogen) atoms. The van der Waals surface area contributed by atoms with E-state index in [1.807, 2.05) is 30.3 Å². The second-order valence-electron chi connectivity index (χ2n) is 5.32. The number of nitrogens with zero attached hydrogens (tertiary/aromatic N) is 1. The van der Waals surface area contributed by atoms with Gasteiger partial charge in [0.1, 0.15) is 5.82 Å². The first kappa shape index (κ1) is 14.7. The minimum absolute atomic E-state index is 0.276. The Kier molecular flexibility index (Phi) is 3.92. The molecule has 5 heteroatoms. The SMILES string of the molecule is O=C1[C@@H]([C@H](O)CO)[C@@H](c2ccccc2)N1c1ccc(F)cc1. The quantitative estimate of drug-likeness (QED) is 0.848. The molecule has 3 atom stereocenters. The molecule has 0 radical (unpaired) electrons. The van der Waals surface area contributed by atoms with Gasteiger partial charge in [0, 0.05) is 5.69 Å². The molecule has 1 fully saturated rings. The summed E-state index contributed by atoms with van der Waals surface area (Å²) in [5.74, 6) is -1.35. The summed E-state index contributed by atoms with van der Waals surface area (Å²) in [5.41, 5.74) is 1.44. The summed E-state index contributed by atoms with van der Waals surface area (Å²) in [6.45, 7) is -0.475. The summed E-state index contributed by atoms with van der Waals surface area (Å²) >= 11 is 0. The van der Waals surface area contributed by atoms with Crippen LogP contribution in [0, 0.1) is 11.7 Å². The van der Waals surface area contributed by atoms with Crippen molar-refractivity contribution in [3.05, 3.63) is 66.0 Å². The highest BCUT2D eigenvalue weighted by Gasteiger charge is 2.52. The molecular weight excluding hydrogens is 285 g/mol. The minimum Gasteiger partial charge on any atom is -0.394 e. The van der Waals surface area contributed by atoms with Crippen LogP contribution in [0.4, 0.5) is 10.1 Å². The molecule has 0 spiro atoms. The number of rotatable bonds is 4. The molecule has 1 aliphatic heterocycles. The highest BCUT2D eigenvalue weighted by atomic mass is 19.1. The molecule has 1 saturated heterocycles. The molecule has 1 aliphatic rings. The van der Waals surface area contributed by atoms with Gasteiger partial charge in [-0.1, -0.05) is 30.3 Å². The summed E-state index contributed by atoms with van der Waals surface area (Å²) in [4.78, 5) is 13.9. The molecule has 0 bridgehead atoms. The van der Waals surface area contributed by atoms with E-state index in [9.17, 15) is 19.4 Å². The molecule has 0 aliphatic carbocycles. The number of aliphatic hydroxyl groups is 2. The molecule has 0 unspecified atom stereocenters. The van der Waals surface area contributed by atoms with E-state index < -0.39 is 18.6 Å². The molecule has 1 heterocycles. The van der Waals surface area contributed by atoms with Crippen LogP contribution in [0.3, 0.4) is 0 Å². The van der Waals surface area contributed by atoms with Crippen LogP contribution in [0.5, 0.6) is 0 Å². The lowest BCUT2D eigenvalue weighted by Gasteiger charge is -2.49. The Morgan fingerprint density at radius 1 is 1.09 bits per heavy atom. The van der Waals surface area contributed by atoms with Gasteiger partial charge in [-0.15, -0.1) is 0 Å². The molecule has 2 N–H and O–H groups in total. The standard InChI is InChI=1S/C17H16FNO3/c18-12-6-8-13(9-7-12)19-16(11-4-2-1-3-5-11)15(17(19)22)14(21)10-20/h1-9,14-16,20-21H,10H2/t14-,15+,16-/m1/s1. The van der Waals surface area contributed by atoms with Crippen LogP contribution in [0.2, 0.25) is 0 Å². The summed E-state index contributed by atoms with van der Waals surface area (Å²) in [5, 5.41) is 19.1. The summed E-state index contributed by atoms with van der Waals surface area (Å²) in [6.07, 6.45) is -1.12. The largest absolute Gasteiger partial charge is 0.394 e. The number of β-lactam (4-membered cyclic amide) rings is 1. The maximum Gasteiger partial charge on any atom is 0.235 e. The van der Waals surface area contributed by atoms with Gasteiger partial charge < -0.3 is 15.1 Å². The lowest BCUT2D eigenvalue weighted by molar-refractivity contribution is -0.137. The van der Waals surface area contributed by atoms with Gasteiger partial charge in [-0.05, 0) is 29.8 Å². The normalized spacial score (nSPS) is 22.3. The van der Waals surface area contributed by atoms with Crippen molar-refractivity contribution < 1.29 is 19.4 Å². The van der Waals surface area contributed by atoms with E-state index in [1.54, 1.807) is 0 Å². The Labute approximate surface area is 127 Å². The van der Waals surface area contributed by atoms with E-state index in [1.165, 1.54) is 29.2 Å². The van der Waals surface area contributed by atoms with E-state index in [0.29, 0.717) is 5.69 Å². The third kappa shape index (κ3) is 2.38. The Morgan fingerprint density at radius 2 is 1.73 bits per heavy atom. The Balaban J connectivity index is 1.98. The highest BCUT2D eigenvalue weighted by Crippen LogP contribution is 2.44. The number of aliphatic hydroxyl groups excluding tert-OH is 2. The molecule has 1 amide bonds. The first-order chi connectivity index (χ1) is 10.6. The number of amides is 1. The van der Waals surface area contributed by atoms with Gasteiger partial charge in [0.25, 0.3) is 0 Å². The molecule has 114 valence electrons. The maximum absolute atomic E-state index is 13.1. The van der Waals surface area contributed by atoms with Gasteiger partial charge in [-0.25, -0.2) is 4.39 Å². The fraction of sp³-hybridized carbons (Fsp3) is 0.235. The van der Waals surface area contributed by atoms with Crippen molar-refractivity contribution in [1.29, 1.82) is 0 Å².